The number of carbonyl (C=O) groups excluding carboxylic acids is 2. The van der Waals surface area contributed by atoms with Crippen LogP contribution >= 0.6 is 46.6 Å². The number of ether oxygens (including phenoxy) is 1. The number of hydrogen-bond acceptors (Lipinski definition) is 4. The van der Waals surface area contributed by atoms with Gasteiger partial charge >= 0.3 is 0 Å². The average molecular weight is 429 g/mol. The van der Waals surface area contributed by atoms with E-state index in [2.05, 4.69) is 0 Å². The smallest absolute Gasteiger partial charge is 0.293 e. The first-order valence-electron chi connectivity index (χ1n) is 7.54. The van der Waals surface area contributed by atoms with Gasteiger partial charge in [-0.05, 0) is 42.1 Å². The van der Waals surface area contributed by atoms with E-state index in [0.29, 0.717) is 26.4 Å². The number of carbonyl (C=O) groups is 2. The van der Waals surface area contributed by atoms with E-state index in [1.165, 1.54) is 6.08 Å². The van der Waals surface area contributed by atoms with Gasteiger partial charge in [0.1, 0.15) is 12.4 Å². The molecule has 8 heteroatoms. The van der Waals surface area contributed by atoms with Crippen LogP contribution in [0.2, 0.25) is 15.1 Å². The third kappa shape index (κ3) is 4.18. The first-order chi connectivity index (χ1) is 12.5. The van der Waals surface area contributed by atoms with Crippen molar-refractivity contribution in [2.45, 2.75) is 0 Å². The van der Waals surface area contributed by atoms with Crippen molar-refractivity contribution in [3.8, 4) is 5.75 Å². The summed E-state index contributed by atoms with van der Waals surface area (Å²) in [7, 11) is 0. The second kappa shape index (κ2) is 8.35. The van der Waals surface area contributed by atoms with Gasteiger partial charge in [0.25, 0.3) is 11.1 Å². The number of nitrogens with zero attached hydrogens (tertiary/aromatic N) is 1. The van der Waals surface area contributed by atoms with Gasteiger partial charge in [-0.25, -0.2) is 0 Å². The highest BCUT2D eigenvalue weighted by molar-refractivity contribution is 8.18. The second-order valence-electron chi connectivity index (χ2n) is 5.25. The van der Waals surface area contributed by atoms with Crippen LogP contribution in [-0.2, 0) is 4.79 Å². The van der Waals surface area contributed by atoms with E-state index in [9.17, 15) is 9.59 Å². The lowest BCUT2D eigenvalue weighted by molar-refractivity contribution is -0.123. The first kappa shape index (κ1) is 19.1. The zero-order chi connectivity index (χ0) is 18.7. The molecule has 2 amide bonds. The minimum atomic E-state index is -0.404. The van der Waals surface area contributed by atoms with Crippen LogP contribution in [0.1, 0.15) is 5.56 Å². The minimum absolute atomic E-state index is 0.115. The predicted octanol–water partition coefficient (Wildman–Crippen LogP) is 5.76. The van der Waals surface area contributed by atoms with Crippen LogP contribution in [0.3, 0.4) is 0 Å². The summed E-state index contributed by atoms with van der Waals surface area (Å²) >= 11 is 19.1. The van der Waals surface area contributed by atoms with E-state index < -0.39 is 5.91 Å². The Bertz CT molecular complexity index is 881. The van der Waals surface area contributed by atoms with Gasteiger partial charge in [0.2, 0.25) is 0 Å². The van der Waals surface area contributed by atoms with E-state index in [1.807, 2.05) is 0 Å². The highest BCUT2D eigenvalue weighted by Crippen LogP contribution is 2.35. The van der Waals surface area contributed by atoms with E-state index in [1.54, 1.807) is 42.5 Å². The van der Waals surface area contributed by atoms with Gasteiger partial charge in [0.05, 0.1) is 16.5 Å². The maximum Gasteiger partial charge on any atom is 0.293 e. The first-order valence-corrected chi connectivity index (χ1v) is 9.49. The van der Waals surface area contributed by atoms with Gasteiger partial charge in [-0.2, -0.15) is 0 Å². The molecular weight excluding hydrogens is 417 g/mol. The number of halogens is 3. The van der Waals surface area contributed by atoms with Crippen molar-refractivity contribution in [3.63, 3.8) is 0 Å². The molecule has 0 unspecified atom stereocenters. The van der Waals surface area contributed by atoms with Crippen molar-refractivity contribution >= 4 is 63.8 Å². The summed E-state index contributed by atoms with van der Waals surface area (Å²) in [5, 5.41) is 0.916. The summed E-state index contributed by atoms with van der Waals surface area (Å²) in [6.45, 7) is 0.255. The SMILES string of the molecule is O=C1S/C(=C\c2c(Cl)cccc2Cl)C(=O)N1CCOc1ccccc1Cl. The Balaban J connectivity index is 1.69. The molecule has 1 aliphatic heterocycles. The number of para-hydroxylation sites is 1. The number of amides is 2. The van der Waals surface area contributed by atoms with Crippen molar-refractivity contribution in [1.82, 2.24) is 4.90 Å². The summed E-state index contributed by atoms with van der Waals surface area (Å²) in [5.41, 5.74) is 0.508. The molecule has 1 saturated heterocycles. The Labute approximate surface area is 169 Å². The normalized spacial score (nSPS) is 15.8. The lowest BCUT2D eigenvalue weighted by atomic mass is 10.2. The lowest BCUT2D eigenvalue weighted by Gasteiger charge is -2.13. The van der Waals surface area contributed by atoms with Gasteiger partial charge in [-0.1, -0.05) is 53.0 Å². The van der Waals surface area contributed by atoms with Crippen molar-refractivity contribution < 1.29 is 14.3 Å². The molecular formula is C18H12Cl3NO3S. The Morgan fingerprint density at radius 2 is 1.62 bits per heavy atom. The topological polar surface area (TPSA) is 46.6 Å². The third-order valence-corrected chi connectivity index (χ3v) is 5.44. The van der Waals surface area contributed by atoms with Crippen LogP contribution < -0.4 is 4.74 Å². The van der Waals surface area contributed by atoms with Gasteiger partial charge in [0, 0.05) is 15.6 Å². The van der Waals surface area contributed by atoms with Crippen LogP contribution in [0, 0.1) is 0 Å². The molecule has 26 heavy (non-hydrogen) atoms. The van der Waals surface area contributed by atoms with Crippen molar-refractivity contribution in [2.24, 2.45) is 0 Å². The summed E-state index contributed by atoms with van der Waals surface area (Å²) in [5.74, 6) is 0.0956. The van der Waals surface area contributed by atoms with E-state index in [-0.39, 0.29) is 23.3 Å². The summed E-state index contributed by atoms with van der Waals surface area (Å²) in [6.07, 6.45) is 1.53. The lowest BCUT2D eigenvalue weighted by Crippen LogP contribution is -2.32. The van der Waals surface area contributed by atoms with E-state index in [4.69, 9.17) is 39.5 Å². The molecule has 1 heterocycles. The molecule has 2 aromatic carbocycles. The molecule has 0 bridgehead atoms. The van der Waals surface area contributed by atoms with Crippen LogP contribution in [-0.4, -0.2) is 29.2 Å². The molecule has 0 saturated carbocycles. The Morgan fingerprint density at radius 3 is 2.31 bits per heavy atom. The maximum absolute atomic E-state index is 12.5. The molecule has 0 radical (unpaired) electrons. The molecule has 3 rings (SSSR count). The van der Waals surface area contributed by atoms with Gasteiger partial charge in [-0.15, -0.1) is 0 Å². The number of rotatable bonds is 5. The van der Waals surface area contributed by atoms with Crippen molar-refractivity contribution in [1.29, 1.82) is 0 Å². The summed E-state index contributed by atoms with van der Waals surface area (Å²) in [6, 6.07) is 12.0. The van der Waals surface area contributed by atoms with Gasteiger partial charge in [0.15, 0.2) is 0 Å². The van der Waals surface area contributed by atoms with E-state index >= 15 is 0 Å². The number of imide groups is 1. The Hall–Kier alpha value is -1.66. The zero-order valence-electron chi connectivity index (χ0n) is 13.2. The predicted molar refractivity (Wildman–Crippen MR) is 106 cm³/mol. The van der Waals surface area contributed by atoms with Crippen molar-refractivity contribution in [2.75, 3.05) is 13.2 Å². The molecule has 0 aromatic heterocycles. The van der Waals surface area contributed by atoms with Crippen LogP contribution in [0.4, 0.5) is 4.79 Å². The standard InChI is InChI=1S/C18H12Cl3NO3S/c19-12-5-3-6-13(20)11(12)10-16-17(23)22(18(24)26-16)8-9-25-15-7-2-1-4-14(15)21/h1-7,10H,8-9H2/b16-10-. The molecule has 2 aromatic rings. The number of benzene rings is 2. The summed E-state index contributed by atoms with van der Waals surface area (Å²) in [4.78, 5) is 26.0. The molecule has 1 aliphatic rings. The average Bonchev–Trinajstić information content (AvgIpc) is 2.87. The quantitative estimate of drug-likeness (QED) is 0.568. The summed E-state index contributed by atoms with van der Waals surface area (Å²) < 4.78 is 5.54. The highest BCUT2D eigenvalue weighted by Gasteiger charge is 2.35. The van der Waals surface area contributed by atoms with Crippen LogP contribution in [0.5, 0.6) is 5.75 Å². The van der Waals surface area contributed by atoms with Gasteiger partial charge < -0.3 is 4.74 Å². The molecule has 1 fully saturated rings. The second-order valence-corrected chi connectivity index (χ2v) is 7.46. The molecule has 4 nitrogen and oxygen atoms in total. The largest absolute Gasteiger partial charge is 0.490 e. The number of hydrogen-bond donors (Lipinski definition) is 0. The molecule has 0 atom stereocenters. The molecule has 134 valence electrons. The van der Waals surface area contributed by atoms with E-state index in [0.717, 1.165) is 16.7 Å². The van der Waals surface area contributed by atoms with Crippen molar-refractivity contribution in [3.05, 3.63) is 68.0 Å². The fourth-order valence-corrected chi connectivity index (χ4v) is 3.82. The van der Waals surface area contributed by atoms with Gasteiger partial charge in [-0.3, -0.25) is 14.5 Å². The zero-order valence-corrected chi connectivity index (χ0v) is 16.3. The molecule has 0 N–H and O–H groups in total. The van der Waals surface area contributed by atoms with Crippen LogP contribution in [0.15, 0.2) is 47.4 Å². The molecule has 0 spiro atoms. The third-order valence-electron chi connectivity index (χ3n) is 3.56. The fraction of sp³-hybridized carbons (Fsp3) is 0.111. The van der Waals surface area contributed by atoms with Crippen LogP contribution in [0.25, 0.3) is 6.08 Å². The Morgan fingerprint density at radius 1 is 0.962 bits per heavy atom. The maximum atomic E-state index is 12.5. The number of thioether (sulfide) groups is 1. The monoisotopic (exact) mass is 427 g/mol. The highest BCUT2D eigenvalue weighted by atomic mass is 35.5. The minimum Gasteiger partial charge on any atom is -0.490 e. The molecule has 0 aliphatic carbocycles. The Kier molecular flexibility index (Phi) is 6.14. The fourth-order valence-electron chi connectivity index (χ4n) is 2.28.